The molecule has 2 amide bonds. The maximum Gasteiger partial charge on any atom is 0.416 e. The number of anilines is 3. The molecular formula is C28H28F5N7O2. The molecule has 0 saturated carbocycles. The number of fused-ring (bicyclic) bond motifs is 1. The Hall–Kier alpha value is -4.30. The highest BCUT2D eigenvalue weighted by Gasteiger charge is 2.33. The van der Waals surface area contributed by atoms with Gasteiger partial charge in [0.15, 0.2) is 5.82 Å². The summed E-state index contributed by atoms with van der Waals surface area (Å²) in [6.45, 7) is 2.30. The summed E-state index contributed by atoms with van der Waals surface area (Å²) in [6, 6.07) is 5.85. The molecule has 9 nitrogen and oxygen atoms in total. The smallest absolute Gasteiger partial charge is 0.383 e. The first-order valence-electron chi connectivity index (χ1n) is 13.1. The quantitative estimate of drug-likeness (QED) is 0.275. The zero-order valence-electron chi connectivity index (χ0n) is 22.5. The molecule has 0 bridgehead atoms. The van der Waals surface area contributed by atoms with Crippen molar-refractivity contribution in [2.24, 2.45) is 5.73 Å². The summed E-state index contributed by atoms with van der Waals surface area (Å²) < 4.78 is 77.0. The predicted molar refractivity (Wildman–Crippen MR) is 146 cm³/mol. The van der Waals surface area contributed by atoms with Gasteiger partial charge in [-0.1, -0.05) is 6.07 Å². The molecule has 4 N–H and O–H groups in total. The average Bonchev–Trinajstić information content (AvgIpc) is 3.54. The maximum absolute atomic E-state index is 15.6. The summed E-state index contributed by atoms with van der Waals surface area (Å²) in [5, 5.41) is 4.34. The van der Waals surface area contributed by atoms with E-state index >= 15 is 4.39 Å². The fraction of sp³-hybridized carbons (Fsp3) is 0.321. The Balaban J connectivity index is 1.51. The van der Waals surface area contributed by atoms with Crippen LogP contribution in [-0.4, -0.2) is 58.4 Å². The van der Waals surface area contributed by atoms with Crippen LogP contribution < -0.4 is 16.4 Å². The van der Waals surface area contributed by atoms with Crippen LogP contribution in [0.1, 0.15) is 24.1 Å². The number of amides is 2. The molecule has 5 rings (SSSR count). The molecule has 2 aromatic carbocycles. The molecule has 2 aromatic heterocycles. The van der Waals surface area contributed by atoms with Gasteiger partial charge in [0.1, 0.15) is 23.5 Å². The van der Waals surface area contributed by atoms with Gasteiger partial charge in [-0.25, -0.2) is 23.1 Å². The molecule has 14 heteroatoms. The lowest BCUT2D eigenvalue weighted by Gasteiger charge is -2.23. The molecule has 42 heavy (non-hydrogen) atoms. The lowest BCUT2D eigenvalue weighted by atomic mass is 10.0. The van der Waals surface area contributed by atoms with Gasteiger partial charge in [0.2, 0.25) is 0 Å². The summed E-state index contributed by atoms with van der Waals surface area (Å²) in [4.78, 5) is 19.0. The molecule has 4 aromatic rings. The number of aromatic nitrogens is 3. The number of carbonyl (C=O) groups is 1. The van der Waals surface area contributed by atoms with E-state index < -0.39 is 40.8 Å². The molecular weight excluding hydrogens is 561 g/mol. The van der Waals surface area contributed by atoms with E-state index in [9.17, 15) is 22.4 Å². The van der Waals surface area contributed by atoms with Gasteiger partial charge in [0.05, 0.1) is 23.5 Å². The van der Waals surface area contributed by atoms with Crippen molar-refractivity contribution in [1.29, 1.82) is 0 Å². The second-order valence-electron chi connectivity index (χ2n) is 10.00. The van der Waals surface area contributed by atoms with E-state index in [2.05, 4.69) is 15.0 Å². The summed E-state index contributed by atoms with van der Waals surface area (Å²) in [6.07, 6.45) is -0.799. The fourth-order valence-corrected chi connectivity index (χ4v) is 5.44. The molecule has 1 saturated heterocycles. The van der Waals surface area contributed by atoms with Crippen molar-refractivity contribution < 1.29 is 31.5 Å². The number of methoxy groups -OCH3 is 1. The number of nitrogen functional groups attached to an aromatic ring is 1. The van der Waals surface area contributed by atoms with Crippen LogP contribution in [0.5, 0.6) is 0 Å². The fourth-order valence-electron chi connectivity index (χ4n) is 5.44. The molecule has 1 aliphatic rings. The second kappa shape index (κ2) is 11.5. The Morgan fingerprint density at radius 3 is 2.60 bits per heavy atom. The molecule has 1 aliphatic heterocycles. The average molecular weight is 590 g/mol. The Kier molecular flexibility index (Phi) is 8.01. The zero-order chi connectivity index (χ0) is 30.2. The number of primary amides is 1. The highest BCUT2D eigenvalue weighted by atomic mass is 19.4. The molecule has 1 atom stereocenters. The van der Waals surface area contributed by atoms with Gasteiger partial charge in [0, 0.05) is 37.4 Å². The van der Waals surface area contributed by atoms with E-state index in [1.165, 1.54) is 12.4 Å². The maximum atomic E-state index is 15.6. The van der Waals surface area contributed by atoms with Crippen molar-refractivity contribution >= 4 is 28.7 Å². The summed E-state index contributed by atoms with van der Waals surface area (Å²) in [5.74, 6) is -2.07. The minimum absolute atomic E-state index is 0.152. The van der Waals surface area contributed by atoms with Gasteiger partial charge in [0.25, 0.3) is 0 Å². The van der Waals surface area contributed by atoms with Gasteiger partial charge in [-0.3, -0.25) is 9.80 Å². The number of benzene rings is 2. The Morgan fingerprint density at radius 1 is 1.12 bits per heavy atom. The Labute approximate surface area is 237 Å². The van der Waals surface area contributed by atoms with Gasteiger partial charge < -0.3 is 16.2 Å². The third kappa shape index (κ3) is 5.59. The standard InChI is InChI=1S/C28H28F5N7O2/c1-42-14-19-3-2-9-38(19)10-8-18-13-20(25-26(34)36-15-37-40(18)25)16-4-7-23(22(30)11-16)39(27(35)41)24-12-17(28(31,32)33)5-6-21(24)29/h4-7,11-13,15,19H,2-3,8-10,14H2,1H3,(H2,35,41)(H2,34,36,37). The molecule has 0 aliphatic carbocycles. The topological polar surface area (TPSA) is 115 Å². The normalized spacial score (nSPS) is 15.9. The van der Waals surface area contributed by atoms with Crippen molar-refractivity contribution in [1.82, 2.24) is 19.5 Å². The monoisotopic (exact) mass is 589 g/mol. The first kappa shape index (κ1) is 29.2. The largest absolute Gasteiger partial charge is 0.416 e. The van der Waals surface area contributed by atoms with Crippen LogP contribution >= 0.6 is 0 Å². The van der Waals surface area contributed by atoms with E-state index in [0.717, 1.165) is 43.8 Å². The molecule has 0 radical (unpaired) electrons. The minimum atomic E-state index is -4.83. The van der Waals surface area contributed by atoms with Crippen LogP contribution in [0.2, 0.25) is 0 Å². The number of hydrogen-bond donors (Lipinski definition) is 2. The van der Waals surface area contributed by atoms with Crippen molar-refractivity contribution in [3.05, 3.63) is 71.7 Å². The third-order valence-corrected chi connectivity index (χ3v) is 7.40. The van der Waals surface area contributed by atoms with Crippen LogP contribution in [0.3, 0.4) is 0 Å². The highest BCUT2D eigenvalue weighted by molar-refractivity contribution is 5.99. The number of nitrogens with zero attached hydrogens (tertiary/aromatic N) is 5. The van der Waals surface area contributed by atoms with Crippen LogP contribution in [0, 0.1) is 11.6 Å². The van der Waals surface area contributed by atoms with E-state index in [1.54, 1.807) is 11.6 Å². The minimum Gasteiger partial charge on any atom is -0.383 e. The lowest BCUT2D eigenvalue weighted by Crippen LogP contribution is -2.34. The highest BCUT2D eigenvalue weighted by Crippen LogP contribution is 2.38. The number of alkyl halides is 3. The summed E-state index contributed by atoms with van der Waals surface area (Å²) >= 11 is 0. The SMILES string of the molecule is COCC1CCCN1CCc1cc(-c2ccc(N(C(N)=O)c3cc(C(F)(F)F)ccc3F)c(F)c2)c2c(N)ncnn12. The van der Waals surface area contributed by atoms with Gasteiger partial charge in [-0.15, -0.1) is 0 Å². The van der Waals surface area contributed by atoms with Crippen molar-refractivity contribution in [3.63, 3.8) is 0 Å². The number of ether oxygens (including phenoxy) is 1. The van der Waals surface area contributed by atoms with Crippen LogP contribution in [-0.2, 0) is 17.3 Å². The predicted octanol–water partition coefficient (Wildman–Crippen LogP) is 5.15. The van der Waals surface area contributed by atoms with Crippen molar-refractivity contribution in [2.45, 2.75) is 31.5 Å². The van der Waals surface area contributed by atoms with Crippen molar-refractivity contribution in [3.8, 4) is 11.1 Å². The number of urea groups is 1. The molecule has 1 fully saturated rings. The third-order valence-electron chi connectivity index (χ3n) is 7.40. The molecule has 3 heterocycles. The molecule has 0 spiro atoms. The van der Waals surface area contributed by atoms with Crippen LogP contribution in [0.25, 0.3) is 16.6 Å². The van der Waals surface area contributed by atoms with Crippen LogP contribution in [0.15, 0.2) is 48.8 Å². The molecule has 222 valence electrons. The lowest BCUT2D eigenvalue weighted by molar-refractivity contribution is -0.137. The van der Waals surface area contributed by atoms with E-state index in [0.29, 0.717) is 58.8 Å². The first-order chi connectivity index (χ1) is 20.0. The first-order valence-corrected chi connectivity index (χ1v) is 13.1. The zero-order valence-corrected chi connectivity index (χ0v) is 22.5. The Bertz CT molecular complexity index is 1620. The van der Waals surface area contributed by atoms with Gasteiger partial charge in [-0.2, -0.15) is 18.3 Å². The van der Waals surface area contributed by atoms with Crippen LogP contribution in [0.4, 0.5) is 43.9 Å². The van der Waals surface area contributed by atoms with Gasteiger partial charge in [-0.05, 0) is 61.3 Å². The van der Waals surface area contributed by atoms with E-state index in [4.69, 9.17) is 16.2 Å². The summed E-state index contributed by atoms with van der Waals surface area (Å²) in [7, 11) is 1.67. The number of rotatable bonds is 8. The molecule has 1 unspecified atom stereocenters. The second-order valence-corrected chi connectivity index (χ2v) is 10.00. The number of likely N-dealkylation sites (tertiary alicyclic amines) is 1. The van der Waals surface area contributed by atoms with E-state index in [-0.39, 0.29) is 5.82 Å². The number of hydrogen-bond acceptors (Lipinski definition) is 6. The number of nitrogens with two attached hydrogens (primary N) is 2. The number of carbonyl (C=O) groups excluding carboxylic acids is 1. The number of halogens is 5. The summed E-state index contributed by atoms with van der Waals surface area (Å²) in [5.41, 5.74) is 11.0. The van der Waals surface area contributed by atoms with E-state index in [1.807, 2.05) is 6.07 Å². The van der Waals surface area contributed by atoms with Crippen molar-refractivity contribution in [2.75, 3.05) is 37.4 Å². The Morgan fingerprint density at radius 2 is 1.90 bits per heavy atom. The van der Waals surface area contributed by atoms with Gasteiger partial charge >= 0.3 is 12.2 Å².